The summed E-state index contributed by atoms with van der Waals surface area (Å²) >= 11 is 0. The maximum atomic E-state index is 12.9. The number of hydrogen-bond acceptors (Lipinski definition) is 5. The number of para-hydroxylation sites is 1. The fourth-order valence-corrected chi connectivity index (χ4v) is 3.33. The standard InChI is InChI=1S/C22H22N4O2/c1-2-28-19-11-9-18(10-12-19)25-22-23-14-17(15-24-22)21(27)26-13-5-7-16-6-3-4-8-20(16)26/h3-4,6,8-12,14-15H,2,5,7,13H2,1H3,(H,23,24,25). The van der Waals surface area contributed by atoms with Gasteiger partial charge in [-0.1, -0.05) is 18.2 Å². The number of aromatic nitrogens is 2. The van der Waals surface area contributed by atoms with Crippen LogP contribution in [0.5, 0.6) is 5.75 Å². The summed E-state index contributed by atoms with van der Waals surface area (Å²) < 4.78 is 5.43. The van der Waals surface area contributed by atoms with Crippen molar-refractivity contribution in [3.05, 3.63) is 72.1 Å². The quantitative estimate of drug-likeness (QED) is 0.724. The minimum absolute atomic E-state index is 0.0697. The van der Waals surface area contributed by atoms with Crippen LogP contribution in [0.2, 0.25) is 0 Å². The van der Waals surface area contributed by atoms with Crippen molar-refractivity contribution in [3.63, 3.8) is 0 Å². The first kappa shape index (κ1) is 18.0. The van der Waals surface area contributed by atoms with Gasteiger partial charge in [0.1, 0.15) is 5.75 Å². The van der Waals surface area contributed by atoms with Crippen LogP contribution in [0.15, 0.2) is 60.9 Å². The van der Waals surface area contributed by atoms with E-state index in [1.807, 2.05) is 54.3 Å². The summed E-state index contributed by atoms with van der Waals surface area (Å²) in [6.07, 6.45) is 5.11. The largest absolute Gasteiger partial charge is 0.494 e. The predicted molar refractivity (Wildman–Crippen MR) is 109 cm³/mol. The number of fused-ring (bicyclic) bond motifs is 1. The minimum Gasteiger partial charge on any atom is -0.494 e. The van der Waals surface area contributed by atoms with Crippen LogP contribution in [0, 0.1) is 0 Å². The average Bonchev–Trinajstić information content (AvgIpc) is 2.75. The summed E-state index contributed by atoms with van der Waals surface area (Å²) in [5.41, 5.74) is 3.52. The van der Waals surface area contributed by atoms with Crippen molar-refractivity contribution in [3.8, 4) is 5.75 Å². The molecule has 1 aliphatic rings. The number of amides is 1. The molecule has 1 amide bonds. The van der Waals surface area contributed by atoms with Gasteiger partial charge < -0.3 is 15.0 Å². The third kappa shape index (κ3) is 3.81. The van der Waals surface area contributed by atoms with Crippen molar-refractivity contribution in [1.29, 1.82) is 0 Å². The predicted octanol–water partition coefficient (Wildman–Crippen LogP) is 4.21. The van der Waals surface area contributed by atoms with Crippen molar-refractivity contribution in [2.45, 2.75) is 19.8 Å². The molecule has 0 saturated heterocycles. The van der Waals surface area contributed by atoms with E-state index >= 15 is 0 Å². The monoisotopic (exact) mass is 374 g/mol. The van der Waals surface area contributed by atoms with E-state index in [0.717, 1.165) is 30.0 Å². The molecule has 0 unspecified atom stereocenters. The lowest BCUT2D eigenvalue weighted by Crippen LogP contribution is -2.35. The van der Waals surface area contributed by atoms with E-state index in [9.17, 15) is 4.79 Å². The Kier molecular flexibility index (Phi) is 5.19. The van der Waals surface area contributed by atoms with Crippen LogP contribution in [0.4, 0.5) is 17.3 Å². The fraction of sp³-hybridized carbons (Fsp3) is 0.227. The smallest absolute Gasteiger partial charge is 0.261 e. The highest BCUT2D eigenvalue weighted by molar-refractivity contribution is 6.06. The van der Waals surface area contributed by atoms with Gasteiger partial charge in [-0.25, -0.2) is 9.97 Å². The SMILES string of the molecule is CCOc1ccc(Nc2ncc(C(=O)N3CCCc4ccccc43)cn2)cc1. The Hall–Kier alpha value is -3.41. The molecule has 0 bridgehead atoms. The molecule has 6 nitrogen and oxygen atoms in total. The first-order valence-corrected chi connectivity index (χ1v) is 9.46. The van der Waals surface area contributed by atoms with Crippen LogP contribution in [0.25, 0.3) is 0 Å². The van der Waals surface area contributed by atoms with Gasteiger partial charge in [0, 0.05) is 30.3 Å². The van der Waals surface area contributed by atoms with E-state index in [-0.39, 0.29) is 5.91 Å². The first-order chi connectivity index (χ1) is 13.7. The van der Waals surface area contributed by atoms with Crippen LogP contribution in [-0.2, 0) is 6.42 Å². The van der Waals surface area contributed by atoms with Crippen LogP contribution < -0.4 is 15.0 Å². The highest BCUT2D eigenvalue weighted by atomic mass is 16.5. The van der Waals surface area contributed by atoms with Gasteiger partial charge in [0.25, 0.3) is 5.91 Å². The van der Waals surface area contributed by atoms with Crippen LogP contribution in [-0.4, -0.2) is 29.0 Å². The molecular weight excluding hydrogens is 352 g/mol. The van der Waals surface area contributed by atoms with Crippen LogP contribution in [0.1, 0.15) is 29.3 Å². The lowest BCUT2D eigenvalue weighted by atomic mass is 10.0. The zero-order valence-electron chi connectivity index (χ0n) is 15.8. The zero-order valence-corrected chi connectivity index (χ0v) is 15.8. The molecule has 0 saturated carbocycles. The molecule has 2 aromatic carbocycles. The topological polar surface area (TPSA) is 67.3 Å². The van der Waals surface area contributed by atoms with E-state index in [4.69, 9.17) is 4.74 Å². The molecule has 0 radical (unpaired) electrons. The molecule has 1 aromatic heterocycles. The average molecular weight is 374 g/mol. The Balaban J connectivity index is 1.47. The Morgan fingerprint density at radius 1 is 1.11 bits per heavy atom. The van der Waals surface area contributed by atoms with Gasteiger partial charge in [-0.15, -0.1) is 0 Å². The summed E-state index contributed by atoms with van der Waals surface area (Å²) in [6.45, 7) is 3.29. The van der Waals surface area contributed by atoms with Crippen molar-refractivity contribution < 1.29 is 9.53 Å². The molecule has 0 atom stereocenters. The molecule has 1 N–H and O–H groups in total. The summed E-state index contributed by atoms with van der Waals surface area (Å²) in [4.78, 5) is 23.4. The number of carbonyl (C=O) groups is 1. The van der Waals surface area contributed by atoms with E-state index in [1.54, 1.807) is 12.4 Å². The Labute approximate surface area is 164 Å². The van der Waals surface area contributed by atoms with Crippen molar-refractivity contribution >= 4 is 23.2 Å². The molecule has 4 rings (SSSR count). The summed E-state index contributed by atoms with van der Waals surface area (Å²) in [5.74, 6) is 1.19. The highest BCUT2D eigenvalue weighted by Gasteiger charge is 2.23. The van der Waals surface area contributed by atoms with E-state index in [1.165, 1.54) is 5.56 Å². The van der Waals surface area contributed by atoms with Crippen LogP contribution >= 0.6 is 0 Å². The molecule has 142 valence electrons. The molecule has 2 heterocycles. The Morgan fingerprint density at radius 2 is 1.86 bits per heavy atom. The maximum absolute atomic E-state index is 12.9. The number of nitrogens with one attached hydrogen (secondary N) is 1. The van der Waals surface area contributed by atoms with E-state index in [2.05, 4.69) is 21.4 Å². The third-order valence-electron chi connectivity index (χ3n) is 4.68. The second-order valence-corrected chi connectivity index (χ2v) is 6.57. The molecule has 1 aliphatic heterocycles. The number of anilines is 3. The molecule has 28 heavy (non-hydrogen) atoms. The third-order valence-corrected chi connectivity index (χ3v) is 4.68. The lowest BCUT2D eigenvalue weighted by molar-refractivity contribution is 0.0984. The first-order valence-electron chi connectivity index (χ1n) is 9.46. The number of rotatable bonds is 5. The number of carbonyl (C=O) groups excluding carboxylic acids is 1. The van der Waals surface area contributed by atoms with Gasteiger partial charge in [-0.3, -0.25) is 4.79 Å². The minimum atomic E-state index is -0.0697. The van der Waals surface area contributed by atoms with E-state index in [0.29, 0.717) is 24.7 Å². The molecule has 0 aliphatic carbocycles. The van der Waals surface area contributed by atoms with Gasteiger partial charge in [-0.05, 0) is 55.7 Å². The molecule has 3 aromatic rings. The number of hydrogen-bond donors (Lipinski definition) is 1. The van der Waals surface area contributed by atoms with Crippen molar-refractivity contribution in [1.82, 2.24) is 9.97 Å². The summed E-state index contributed by atoms with van der Waals surface area (Å²) in [6, 6.07) is 15.6. The lowest BCUT2D eigenvalue weighted by Gasteiger charge is -2.29. The zero-order chi connectivity index (χ0) is 19.3. The van der Waals surface area contributed by atoms with Crippen LogP contribution in [0.3, 0.4) is 0 Å². The van der Waals surface area contributed by atoms with Gasteiger partial charge in [0.15, 0.2) is 0 Å². The van der Waals surface area contributed by atoms with Crippen molar-refractivity contribution in [2.24, 2.45) is 0 Å². The summed E-state index contributed by atoms with van der Waals surface area (Å²) in [7, 11) is 0. The second kappa shape index (κ2) is 8.08. The van der Waals surface area contributed by atoms with E-state index < -0.39 is 0 Å². The number of nitrogens with zero attached hydrogens (tertiary/aromatic N) is 3. The van der Waals surface area contributed by atoms with Gasteiger partial charge in [0.2, 0.25) is 5.95 Å². The number of aryl methyl sites for hydroxylation is 1. The Bertz CT molecular complexity index is 955. The maximum Gasteiger partial charge on any atom is 0.261 e. The normalized spacial score (nSPS) is 13.0. The highest BCUT2D eigenvalue weighted by Crippen LogP contribution is 2.28. The van der Waals surface area contributed by atoms with Gasteiger partial charge >= 0.3 is 0 Å². The fourth-order valence-electron chi connectivity index (χ4n) is 3.33. The molecule has 0 fully saturated rings. The molecule has 0 spiro atoms. The van der Waals surface area contributed by atoms with Crippen molar-refractivity contribution in [2.75, 3.05) is 23.4 Å². The second-order valence-electron chi connectivity index (χ2n) is 6.57. The summed E-state index contributed by atoms with van der Waals surface area (Å²) in [5, 5.41) is 3.13. The molecule has 6 heteroatoms. The number of ether oxygens (including phenoxy) is 1. The molecular formula is C22H22N4O2. The Morgan fingerprint density at radius 3 is 2.61 bits per heavy atom. The van der Waals surface area contributed by atoms with Gasteiger partial charge in [0.05, 0.1) is 12.2 Å². The number of benzene rings is 2. The van der Waals surface area contributed by atoms with Gasteiger partial charge in [-0.2, -0.15) is 0 Å².